The molecule has 1 aliphatic rings. The van der Waals surface area contributed by atoms with E-state index in [1.807, 2.05) is 18.2 Å². The molecule has 0 aliphatic carbocycles. The molecular weight excluding hydrogens is 364 g/mol. The Morgan fingerprint density at radius 2 is 2.00 bits per heavy atom. The van der Waals surface area contributed by atoms with Crippen LogP contribution in [0, 0.1) is 0 Å². The molecule has 0 unspecified atom stereocenters. The fourth-order valence-corrected chi connectivity index (χ4v) is 3.66. The molecule has 0 spiro atoms. The number of fused-ring (bicyclic) bond motifs is 1. The summed E-state index contributed by atoms with van der Waals surface area (Å²) >= 11 is 3.58. The lowest BCUT2D eigenvalue weighted by molar-refractivity contribution is 0.0827. The van der Waals surface area contributed by atoms with Crippen LogP contribution in [0.25, 0.3) is 0 Å². The fraction of sp³-hybridized carbons (Fsp3) is 0.350. The predicted molar refractivity (Wildman–Crippen MR) is 103 cm³/mol. The van der Waals surface area contributed by atoms with E-state index in [4.69, 9.17) is 0 Å². The first-order valence-corrected chi connectivity index (χ1v) is 9.18. The highest BCUT2D eigenvalue weighted by molar-refractivity contribution is 9.10. The van der Waals surface area contributed by atoms with Gasteiger partial charge in [0.2, 0.25) is 0 Å². The third-order valence-corrected chi connectivity index (χ3v) is 4.95. The lowest BCUT2D eigenvalue weighted by Crippen LogP contribution is -2.24. The molecule has 1 amide bonds. The molecule has 0 atom stereocenters. The molecule has 2 aromatic carbocycles. The van der Waals surface area contributed by atoms with Gasteiger partial charge < -0.3 is 9.80 Å². The van der Waals surface area contributed by atoms with Crippen molar-refractivity contribution >= 4 is 27.5 Å². The van der Waals surface area contributed by atoms with Gasteiger partial charge in [-0.05, 0) is 60.7 Å². The van der Waals surface area contributed by atoms with Gasteiger partial charge in [-0.3, -0.25) is 4.79 Å². The Balaban J connectivity index is 1.86. The van der Waals surface area contributed by atoms with Gasteiger partial charge in [0.05, 0.1) is 0 Å². The molecule has 1 aliphatic heterocycles. The third-order valence-electron chi connectivity index (χ3n) is 4.46. The van der Waals surface area contributed by atoms with Gasteiger partial charge in [-0.25, -0.2) is 0 Å². The molecule has 0 bridgehead atoms. The summed E-state index contributed by atoms with van der Waals surface area (Å²) in [5.41, 5.74) is 4.66. The third kappa shape index (κ3) is 3.81. The van der Waals surface area contributed by atoms with Crippen molar-refractivity contribution in [3.8, 4) is 0 Å². The maximum atomic E-state index is 12.2. The van der Waals surface area contributed by atoms with Crippen molar-refractivity contribution in [2.24, 2.45) is 0 Å². The molecule has 0 saturated heterocycles. The standard InChI is InChI=1S/C20H23BrN2O/c1-22(2)20(24)17-8-5-6-15(12-17)14-23-11-4-3-7-16-13-18(21)9-10-19(16)23/h5-6,8-10,12-13H,3-4,7,11,14H2,1-2H3. The second kappa shape index (κ2) is 7.39. The van der Waals surface area contributed by atoms with Crippen molar-refractivity contribution in [2.75, 3.05) is 25.5 Å². The zero-order valence-corrected chi connectivity index (χ0v) is 15.8. The van der Waals surface area contributed by atoms with E-state index in [9.17, 15) is 4.79 Å². The first kappa shape index (κ1) is 17.0. The average molecular weight is 387 g/mol. The number of halogens is 1. The molecule has 0 aromatic heterocycles. The van der Waals surface area contributed by atoms with E-state index >= 15 is 0 Å². The Morgan fingerprint density at radius 3 is 2.79 bits per heavy atom. The van der Waals surface area contributed by atoms with Crippen LogP contribution in [0.3, 0.4) is 0 Å². The van der Waals surface area contributed by atoms with E-state index in [-0.39, 0.29) is 5.91 Å². The van der Waals surface area contributed by atoms with Gasteiger partial charge in [0.1, 0.15) is 0 Å². The molecule has 2 aromatic rings. The molecule has 3 rings (SSSR count). The molecule has 1 heterocycles. The highest BCUT2D eigenvalue weighted by atomic mass is 79.9. The van der Waals surface area contributed by atoms with Gasteiger partial charge >= 0.3 is 0 Å². The molecule has 4 heteroatoms. The second-order valence-electron chi connectivity index (χ2n) is 6.55. The predicted octanol–water partition coefficient (Wildman–Crippen LogP) is 4.49. The molecule has 3 nitrogen and oxygen atoms in total. The smallest absolute Gasteiger partial charge is 0.253 e. The molecule has 126 valence electrons. The van der Waals surface area contributed by atoms with Crippen LogP contribution >= 0.6 is 15.9 Å². The van der Waals surface area contributed by atoms with Gasteiger partial charge in [0, 0.05) is 42.9 Å². The topological polar surface area (TPSA) is 23.6 Å². The number of benzene rings is 2. The van der Waals surface area contributed by atoms with Gasteiger partial charge in [0.25, 0.3) is 5.91 Å². The van der Waals surface area contributed by atoms with Crippen LogP contribution in [0.4, 0.5) is 5.69 Å². The van der Waals surface area contributed by atoms with Crippen molar-refractivity contribution in [3.05, 3.63) is 63.6 Å². The van der Waals surface area contributed by atoms with E-state index < -0.39 is 0 Å². The summed E-state index contributed by atoms with van der Waals surface area (Å²) in [6.45, 7) is 1.89. The minimum atomic E-state index is 0.0528. The van der Waals surface area contributed by atoms with E-state index in [1.54, 1.807) is 19.0 Å². The summed E-state index contributed by atoms with van der Waals surface area (Å²) in [7, 11) is 3.58. The van der Waals surface area contributed by atoms with Crippen molar-refractivity contribution < 1.29 is 4.79 Å². The van der Waals surface area contributed by atoms with Crippen molar-refractivity contribution in [1.82, 2.24) is 4.90 Å². The lowest BCUT2D eigenvalue weighted by atomic mass is 10.1. The van der Waals surface area contributed by atoms with E-state index in [1.165, 1.54) is 29.7 Å². The Morgan fingerprint density at radius 1 is 1.17 bits per heavy atom. The average Bonchev–Trinajstić information content (AvgIpc) is 2.76. The van der Waals surface area contributed by atoms with E-state index in [0.29, 0.717) is 0 Å². The summed E-state index contributed by atoms with van der Waals surface area (Å²) in [5.74, 6) is 0.0528. The Labute approximate surface area is 152 Å². The second-order valence-corrected chi connectivity index (χ2v) is 7.47. The number of aryl methyl sites for hydroxylation is 1. The molecule has 0 radical (unpaired) electrons. The number of hydrogen-bond donors (Lipinski definition) is 0. The largest absolute Gasteiger partial charge is 0.367 e. The molecule has 0 fully saturated rings. The Hall–Kier alpha value is -1.81. The zero-order valence-electron chi connectivity index (χ0n) is 14.3. The molecule has 0 saturated carbocycles. The van der Waals surface area contributed by atoms with Crippen LogP contribution in [0.2, 0.25) is 0 Å². The fourth-order valence-electron chi connectivity index (χ4n) is 3.25. The van der Waals surface area contributed by atoms with Gasteiger partial charge in [-0.2, -0.15) is 0 Å². The summed E-state index contributed by atoms with van der Waals surface area (Å²) in [4.78, 5) is 16.2. The quantitative estimate of drug-likeness (QED) is 0.775. The molecular formula is C20H23BrN2O. The van der Waals surface area contributed by atoms with Crippen LogP contribution in [0.1, 0.15) is 34.3 Å². The molecule has 24 heavy (non-hydrogen) atoms. The van der Waals surface area contributed by atoms with E-state index in [2.05, 4.69) is 45.1 Å². The maximum Gasteiger partial charge on any atom is 0.253 e. The van der Waals surface area contributed by atoms with Crippen molar-refractivity contribution in [2.45, 2.75) is 25.8 Å². The summed E-state index contributed by atoms with van der Waals surface area (Å²) in [5, 5.41) is 0. The Kier molecular flexibility index (Phi) is 5.24. The first-order chi connectivity index (χ1) is 11.5. The number of nitrogens with zero attached hydrogens (tertiary/aromatic N) is 2. The normalized spacial score (nSPS) is 14.0. The number of carbonyl (C=O) groups is 1. The summed E-state index contributed by atoms with van der Waals surface area (Å²) in [6.07, 6.45) is 3.55. The minimum absolute atomic E-state index is 0.0528. The van der Waals surface area contributed by atoms with Crippen molar-refractivity contribution in [1.29, 1.82) is 0 Å². The number of anilines is 1. The van der Waals surface area contributed by atoms with Crippen LogP contribution in [-0.2, 0) is 13.0 Å². The summed E-state index contributed by atoms with van der Waals surface area (Å²) in [6, 6.07) is 14.6. The van der Waals surface area contributed by atoms with Gasteiger partial charge in [-0.15, -0.1) is 0 Å². The number of rotatable bonds is 3. The summed E-state index contributed by atoms with van der Waals surface area (Å²) < 4.78 is 1.14. The maximum absolute atomic E-state index is 12.2. The van der Waals surface area contributed by atoms with Gasteiger partial charge in [-0.1, -0.05) is 28.1 Å². The monoisotopic (exact) mass is 386 g/mol. The van der Waals surface area contributed by atoms with Crippen LogP contribution in [0.5, 0.6) is 0 Å². The van der Waals surface area contributed by atoms with Gasteiger partial charge in [0.15, 0.2) is 0 Å². The van der Waals surface area contributed by atoms with E-state index in [0.717, 1.165) is 29.5 Å². The highest BCUT2D eigenvalue weighted by Gasteiger charge is 2.16. The number of hydrogen-bond acceptors (Lipinski definition) is 2. The van der Waals surface area contributed by atoms with Crippen LogP contribution in [-0.4, -0.2) is 31.4 Å². The van der Waals surface area contributed by atoms with Crippen LogP contribution in [0.15, 0.2) is 46.9 Å². The first-order valence-electron chi connectivity index (χ1n) is 8.38. The SMILES string of the molecule is CN(C)C(=O)c1cccc(CN2CCCCc3cc(Br)ccc32)c1. The number of carbonyl (C=O) groups excluding carboxylic acids is 1. The van der Waals surface area contributed by atoms with Crippen LogP contribution < -0.4 is 4.90 Å². The zero-order chi connectivity index (χ0) is 17.1. The Bertz CT molecular complexity index is 742. The minimum Gasteiger partial charge on any atom is -0.367 e. The van der Waals surface area contributed by atoms with Crippen molar-refractivity contribution in [3.63, 3.8) is 0 Å². The molecule has 0 N–H and O–H groups in total. The lowest BCUT2D eigenvalue weighted by Gasteiger charge is -2.25. The number of amides is 1. The highest BCUT2D eigenvalue weighted by Crippen LogP contribution is 2.30.